The molecule has 0 aliphatic rings. The van der Waals surface area contributed by atoms with E-state index < -0.39 is 34.9 Å². The first kappa shape index (κ1) is 12.6. The first-order chi connectivity index (χ1) is 6.68. The first-order valence-electron chi connectivity index (χ1n) is 3.31. The van der Waals surface area contributed by atoms with Gasteiger partial charge in [-0.25, -0.2) is 19.2 Å². The van der Waals surface area contributed by atoms with E-state index in [1.807, 2.05) is 0 Å². The van der Waals surface area contributed by atoms with E-state index in [0.29, 0.717) is 0 Å². The van der Waals surface area contributed by atoms with Crippen molar-refractivity contribution in [3.63, 3.8) is 0 Å². The highest BCUT2D eigenvalue weighted by Gasteiger charge is 2.59. The third-order valence-electron chi connectivity index (χ3n) is 1.67. The van der Waals surface area contributed by atoms with E-state index in [1.165, 1.54) is 0 Å². The molecule has 0 spiro atoms. The van der Waals surface area contributed by atoms with Crippen LogP contribution in [0.2, 0.25) is 0 Å². The van der Waals surface area contributed by atoms with E-state index in [1.54, 1.807) is 0 Å². The summed E-state index contributed by atoms with van der Waals surface area (Å²) in [5.74, 6) is -8.98. The molecule has 0 saturated carbocycles. The normalized spacial score (nSPS) is 10.4. The molecule has 0 aromatic rings. The second kappa shape index (κ2) is 3.78. The summed E-state index contributed by atoms with van der Waals surface area (Å²) in [5.41, 5.74) is -5.01. The topological polar surface area (TPSA) is 149 Å². The molecular weight excluding hydrogens is 212 g/mol. The Morgan fingerprint density at radius 2 is 1.07 bits per heavy atom. The van der Waals surface area contributed by atoms with Gasteiger partial charge in [0, 0.05) is 0 Å². The Hall–Kier alpha value is -2.38. The summed E-state index contributed by atoms with van der Waals surface area (Å²) >= 11 is 0. The number of carboxylic acids is 4. The fourth-order valence-electron chi connectivity index (χ4n) is 0.822. The molecule has 0 atom stereocenters. The van der Waals surface area contributed by atoms with Crippen molar-refractivity contribution >= 4 is 23.9 Å². The van der Waals surface area contributed by atoms with E-state index in [0.717, 1.165) is 0 Å². The van der Waals surface area contributed by atoms with Crippen molar-refractivity contribution in [1.29, 1.82) is 0 Å². The summed E-state index contributed by atoms with van der Waals surface area (Å²) in [6.07, 6.45) is 0. The molecule has 0 heterocycles. The van der Waals surface area contributed by atoms with Crippen LogP contribution < -0.4 is 0 Å². The lowest BCUT2D eigenvalue weighted by molar-refractivity contribution is -0.174. The molecule has 8 heteroatoms. The van der Waals surface area contributed by atoms with E-state index in [-0.39, 0.29) is 0 Å². The molecule has 0 fully saturated rings. The Morgan fingerprint density at radius 1 is 0.800 bits per heavy atom. The van der Waals surface area contributed by atoms with Gasteiger partial charge in [0.05, 0.1) is 5.57 Å². The van der Waals surface area contributed by atoms with Crippen molar-refractivity contribution in [2.75, 3.05) is 0 Å². The van der Waals surface area contributed by atoms with Gasteiger partial charge in [0.25, 0.3) is 5.41 Å². The number of hydrogen-bond acceptors (Lipinski definition) is 4. The van der Waals surface area contributed by atoms with E-state index in [2.05, 4.69) is 6.58 Å². The number of carboxylic acid groups (broad SMARTS) is 4. The molecule has 0 aliphatic carbocycles. The number of rotatable bonds is 5. The third kappa shape index (κ3) is 1.64. The molecule has 82 valence electrons. The Morgan fingerprint density at radius 3 is 1.13 bits per heavy atom. The summed E-state index contributed by atoms with van der Waals surface area (Å²) in [4.78, 5) is 42.1. The van der Waals surface area contributed by atoms with Gasteiger partial charge >= 0.3 is 23.9 Å². The molecule has 0 saturated heterocycles. The van der Waals surface area contributed by atoms with Gasteiger partial charge in [-0.1, -0.05) is 6.58 Å². The number of hydrogen-bond donors (Lipinski definition) is 4. The molecule has 0 aromatic carbocycles. The molecule has 0 aliphatic heterocycles. The van der Waals surface area contributed by atoms with Gasteiger partial charge in [-0.3, -0.25) is 0 Å². The Kier molecular flexibility index (Phi) is 3.18. The fraction of sp³-hybridized carbons (Fsp3) is 0.143. The lowest BCUT2D eigenvalue weighted by atomic mass is 9.81. The predicted molar refractivity (Wildman–Crippen MR) is 42.1 cm³/mol. The van der Waals surface area contributed by atoms with Crippen molar-refractivity contribution in [2.45, 2.75) is 0 Å². The Bertz CT molecular complexity index is 329. The van der Waals surface area contributed by atoms with E-state index in [4.69, 9.17) is 20.4 Å². The molecular formula is C7H6O8. The van der Waals surface area contributed by atoms with Crippen molar-refractivity contribution in [1.82, 2.24) is 0 Å². The third-order valence-corrected chi connectivity index (χ3v) is 1.67. The van der Waals surface area contributed by atoms with Crippen LogP contribution in [-0.4, -0.2) is 44.3 Å². The van der Waals surface area contributed by atoms with Crippen LogP contribution in [0.25, 0.3) is 0 Å². The zero-order valence-electron chi connectivity index (χ0n) is 7.13. The fourth-order valence-corrected chi connectivity index (χ4v) is 0.822. The minimum Gasteiger partial charge on any atom is -0.480 e. The van der Waals surface area contributed by atoms with Crippen LogP contribution >= 0.6 is 0 Å². The molecule has 15 heavy (non-hydrogen) atoms. The smallest absolute Gasteiger partial charge is 0.337 e. The first-order valence-corrected chi connectivity index (χ1v) is 3.31. The van der Waals surface area contributed by atoms with Gasteiger partial charge in [-0.2, -0.15) is 0 Å². The lowest BCUT2D eigenvalue weighted by Gasteiger charge is -2.19. The SMILES string of the molecule is C=C(C(=O)O)C(C(=O)O)(C(=O)O)C(=O)O. The monoisotopic (exact) mass is 218 g/mol. The molecule has 4 N–H and O–H groups in total. The van der Waals surface area contributed by atoms with Crippen molar-refractivity contribution in [2.24, 2.45) is 5.41 Å². The van der Waals surface area contributed by atoms with E-state index in [9.17, 15) is 19.2 Å². The Labute approximate surface area is 82.1 Å². The standard InChI is InChI=1S/C7H6O8/c1-2(3(8)9)7(4(10)11,5(12)13)6(14)15/h1H2,(H,8,9)(H,10,11)(H,12,13)(H,14,15). The maximum atomic E-state index is 10.6. The second-order valence-electron chi connectivity index (χ2n) is 2.45. The average Bonchev–Trinajstić information content (AvgIpc) is 2.02. The van der Waals surface area contributed by atoms with Crippen molar-refractivity contribution in [3.8, 4) is 0 Å². The van der Waals surface area contributed by atoms with Crippen LogP contribution in [0.3, 0.4) is 0 Å². The van der Waals surface area contributed by atoms with Crippen molar-refractivity contribution in [3.05, 3.63) is 12.2 Å². The van der Waals surface area contributed by atoms with Gasteiger partial charge in [0.2, 0.25) is 0 Å². The number of aliphatic carboxylic acids is 4. The molecule has 0 amide bonds. The predicted octanol–water partition coefficient (Wildman–Crippen LogP) is -1.13. The molecule has 0 rings (SSSR count). The maximum absolute atomic E-state index is 10.6. The van der Waals surface area contributed by atoms with Crippen molar-refractivity contribution < 1.29 is 39.6 Å². The average molecular weight is 218 g/mol. The van der Waals surface area contributed by atoms with Gasteiger partial charge < -0.3 is 20.4 Å². The minimum absolute atomic E-state index is 1.45. The van der Waals surface area contributed by atoms with Crippen LogP contribution in [-0.2, 0) is 19.2 Å². The van der Waals surface area contributed by atoms with Crippen LogP contribution in [0, 0.1) is 5.41 Å². The number of carbonyl (C=O) groups is 4. The molecule has 0 unspecified atom stereocenters. The highest BCUT2D eigenvalue weighted by molar-refractivity contribution is 6.24. The summed E-state index contributed by atoms with van der Waals surface area (Å²) in [5, 5.41) is 33.9. The lowest BCUT2D eigenvalue weighted by Crippen LogP contribution is -2.49. The summed E-state index contributed by atoms with van der Waals surface area (Å²) in [6.45, 7) is 2.65. The molecule has 0 bridgehead atoms. The van der Waals surface area contributed by atoms with E-state index >= 15 is 0 Å². The summed E-state index contributed by atoms with van der Waals surface area (Å²) in [7, 11) is 0. The zero-order chi connectivity index (χ0) is 12.4. The molecule has 8 nitrogen and oxygen atoms in total. The van der Waals surface area contributed by atoms with Crippen LogP contribution in [0.4, 0.5) is 0 Å². The van der Waals surface area contributed by atoms with Crippen LogP contribution in [0.5, 0.6) is 0 Å². The zero-order valence-corrected chi connectivity index (χ0v) is 7.13. The largest absolute Gasteiger partial charge is 0.480 e. The summed E-state index contributed by atoms with van der Waals surface area (Å²) in [6, 6.07) is 0. The van der Waals surface area contributed by atoms with Gasteiger partial charge in [-0.05, 0) is 0 Å². The molecule has 0 aromatic heterocycles. The highest BCUT2D eigenvalue weighted by Crippen LogP contribution is 2.28. The van der Waals surface area contributed by atoms with Gasteiger partial charge in [-0.15, -0.1) is 0 Å². The second-order valence-corrected chi connectivity index (χ2v) is 2.45. The van der Waals surface area contributed by atoms with Gasteiger partial charge in [0.1, 0.15) is 0 Å². The minimum atomic E-state index is -3.56. The highest BCUT2D eigenvalue weighted by atomic mass is 16.4. The summed E-state index contributed by atoms with van der Waals surface area (Å²) < 4.78 is 0. The van der Waals surface area contributed by atoms with Gasteiger partial charge in [0.15, 0.2) is 0 Å². The van der Waals surface area contributed by atoms with Crippen LogP contribution in [0.15, 0.2) is 12.2 Å². The quantitative estimate of drug-likeness (QED) is 0.334. The molecule has 0 radical (unpaired) electrons. The maximum Gasteiger partial charge on any atom is 0.337 e. The Balaban J connectivity index is 5.87. The van der Waals surface area contributed by atoms with Crippen LogP contribution in [0.1, 0.15) is 0 Å².